The normalized spacial score (nSPS) is 9.76. The van der Waals surface area contributed by atoms with Gasteiger partial charge in [-0.2, -0.15) is 0 Å². The standard InChI is InChI=1S/C14H20N2O/c1-4-16(14(17)12(2)3)11-10-15-13-8-6-5-7-9-13/h5-9,15H,2,4,10-11H2,1,3H3. The SMILES string of the molecule is C=C(C)C(=O)N(CC)CCNc1ccccc1. The number of nitrogens with zero attached hydrogens (tertiary/aromatic N) is 1. The van der Waals surface area contributed by atoms with E-state index < -0.39 is 0 Å². The Labute approximate surface area is 103 Å². The number of benzene rings is 1. The zero-order chi connectivity index (χ0) is 12.7. The number of carbonyl (C=O) groups excluding carboxylic acids is 1. The number of hydrogen-bond acceptors (Lipinski definition) is 2. The van der Waals surface area contributed by atoms with Gasteiger partial charge in [-0.15, -0.1) is 0 Å². The molecule has 0 aliphatic heterocycles. The summed E-state index contributed by atoms with van der Waals surface area (Å²) >= 11 is 0. The van der Waals surface area contributed by atoms with Crippen LogP contribution in [0.2, 0.25) is 0 Å². The Morgan fingerprint density at radius 2 is 2.00 bits per heavy atom. The fourth-order valence-corrected chi connectivity index (χ4v) is 1.56. The fourth-order valence-electron chi connectivity index (χ4n) is 1.56. The minimum absolute atomic E-state index is 0.0300. The number of anilines is 1. The van der Waals surface area contributed by atoms with Crippen molar-refractivity contribution in [1.29, 1.82) is 0 Å². The molecule has 1 amide bonds. The van der Waals surface area contributed by atoms with Crippen LogP contribution in [0.4, 0.5) is 5.69 Å². The molecule has 0 atom stereocenters. The molecular formula is C14H20N2O. The monoisotopic (exact) mass is 232 g/mol. The molecule has 1 aromatic rings. The highest BCUT2D eigenvalue weighted by Crippen LogP contribution is 2.04. The Bertz CT molecular complexity index is 373. The number of rotatable bonds is 6. The highest BCUT2D eigenvalue weighted by molar-refractivity contribution is 5.92. The van der Waals surface area contributed by atoms with Gasteiger partial charge in [0.15, 0.2) is 0 Å². The molecule has 0 saturated carbocycles. The lowest BCUT2D eigenvalue weighted by molar-refractivity contribution is -0.126. The third kappa shape index (κ3) is 4.31. The summed E-state index contributed by atoms with van der Waals surface area (Å²) in [5.74, 6) is 0.0300. The molecule has 0 unspecified atom stereocenters. The number of carbonyl (C=O) groups is 1. The predicted octanol–water partition coefficient (Wildman–Crippen LogP) is 2.52. The van der Waals surface area contributed by atoms with Gasteiger partial charge >= 0.3 is 0 Å². The van der Waals surface area contributed by atoms with E-state index in [9.17, 15) is 4.79 Å². The van der Waals surface area contributed by atoms with E-state index in [1.54, 1.807) is 11.8 Å². The highest BCUT2D eigenvalue weighted by atomic mass is 16.2. The van der Waals surface area contributed by atoms with Crippen molar-refractivity contribution in [3.8, 4) is 0 Å². The van der Waals surface area contributed by atoms with Crippen molar-refractivity contribution in [3.05, 3.63) is 42.5 Å². The second-order valence-corrected chi connectivity index (χ2v) is 3.96. The van der Waals surface area contributed by atoms with Crippen LogP contribution in [0.1, 0.15) is 13.8 Å². The summed E-state index contributed by atoms with van der Waals surface area (Å²) in [4.78, 5) is 13.5. The Morgan fingerprint density at radius 3 is 2.53 bits per heavy atom. The minimum Gasteiger partial charge on any atom is -0.383 e. The molecule has 1 N–H and O–H groups in total. The number of hydrogen-bond donors (Lipinski definition) is 1. The Hall–Kier alpha value is -1.77. The van der Waals surface area contributed by atoms with Gasteiger partial charge in [0.05, 0.1) is 0 Å². The molecule has 1 rings (SSSR count). The maximum Gasteiger partial charge on any atom is 0.248 e. The lowest BCUT2D eigenvalue weighted by Gasteiger charge is -2.21. The largest absolute Gasteiger partial charge is 0.383 e. The first-order valence-electron chi connectivity index (χ1n) is 5.89. The van der Waals surface area contributed by atoms with Crippen LogP contribution in [0.5, 0.6) is 0 Å². The molecule has 0 saturated heterocycles. The second-order valence-electron chi connectivity index (χ2n) is 3.96. The predicted molar refractivity (Wildman–Crippen MR) is 72.0 cm³/mol. The van der Waals surface area contributed by atoms with Gasteiger partial charge < -0.3 is 10.2 Å². The summed E-state index contributed by atoms with van der Waals surface area (Å²) in [6.45, 7) is 9.55. The molecule has 0 radical (unpaired) electrons. The average molecular weight is 232 g/mol. The molecule has 1 aromatic carbocycles. The van der Waals surface area contributed by atoms with Crippen molar-refractivity contribution in [1.82, 2.24) is 4.90 Å². The van der Waals surface area contributed by atoms with Gasteiger partial charge in [-0.25, -0.2) is 0 Å². The van der Waals surface area contributed by atoms with Crippen LogP contribution in [0.25, 0.3) is 0 Å². The average Bonchev–Trinajstić information content (AvgIpc) is 2.35. The van der Waals surface area contributed by atoms with Gasteiger partial charge in [0, 0.05) is 30.9 Å². The van der Waals surface area contributed by atoms with Crippen LogP contribution in [0.15, 0.2) is 42.5 Å². The quantitative estimate of drug-likeness (QED) is 0.764. The number of nitrogens with one attached hydrogen (secondary N) is 1. The molecule has 0 heterocycles. The Balaban J connectivity index is 2.39. The van der Waals surface area contributed by atoms with Gasteiger partial charge in [0.25, 0.3) is 0 Å². The third-order valence-corrected chi connectivity index (χ3v) is 2.52. The van der Waals surface area contributed by atoms with Crippen LogP contribution >= 0.6 is 0 Å². The summed E-state index contributed by atoms with van der Waals surface area (Å²) in [5, 5.41) is 3.28. The van der Waals surface area contributed by atoms with E-state index in [0.29, 0.717) is 18.7 Å². The zero-order valence-corrected chi connectivity index (χ0v) is 10.6. The molecule has 0 aliphatic carbocycles. The minimum atomic E-state index is 0.0300. The first-order chi connectivity index (χ1) is 8.15. The van der Waals surface area contributed by atoms with Crippen molar-refractivity contribution >= 4 is 11.6 Å². The van der Waals surface area contributed by atoms with Crippen LogP contribution in [-0.2, 0) is 4.79 Å². The maximum absolute atomic E-state index is 11.7. The van der Waals surface area contributed by atoms with E-state index in [1.165, 1.54) is 0 Å². The maximum atomic E-state index is 11.7. The molecule has 0 aromatic heterocycles. The first-order valence-corrected chi connectivity index (χ1v) is 5.89. The van der Waals surface area contributed by atoms with E-state index in [-0.39, 0.29) is 5.91 Å². The Morgan fingerprint density at radius 1 is 1.35 bits per heavy atom. The highest BCUT2D eigenvalue weighted by Gasteiger charge is 2.10. The summed E-state index contributed by atoms with van der Waals surface area (Å²) < 4.78 is 0. The van der Waals surface area contributed by atoms with Crippen LogP contribution in [0.3, 0.4) is 0 Å². The molecule has 0 aliphatic rings. The topological polar surface area (TPSA) is 32.3 Å². The lowest BCUT2D eigenvalue weighted by Crippen LogP contribution is -2.35. The number of para-hydroxylation sites is 1. The van der Waals surface area contributed by atoms with E-state index in [2.05, 4.69) is 11.9 Å². The van der Waals surface area contributed by atoms with Crippen LogP contribution < -0.4 is 5.32 Å². The molecule has 0 fully saturated rings. The van der Waals surface area contributed by atoms with E-state index in [4.69, 9.17) is 0 Å². The van der Waals surface area contributed by atoms with Crippen molar-refractivity contribution < 1.29 is 4.79 Å². The second kappa shape index (κ2) is 6.74. The summed E-state index contributed by atoms with van der Waals surface area (Å²) in [5.41, 5.74) is 1.66. The van der Waals surface area contributed by atoms with Crippen molar-refractivity contribution in [3.63, 3.8) is 0 Å². The summed E-state index contributed by atoms with van der Waals surface area (Å²) in [6.07, 6.45) is 0. The number of amides is 1. The fraction of sp³-hybridized carbons (Fsp3) is 0.357. The van der Waals surface area contributed by atoms with E-state index in [1.807, 2.05) is 37.3 Å². The van der Waals surface area contributed by atoms with E-state index in [0.717, 1.165) is 12.2 Å². The van der Waals surface area contributed by atoms with E-state index >= 15 is 0 Å². The zero-order valence-electron chi connectivity index (χ0n) is 10.6. The van der Waals surface area contributed by atoms with Gasteiger partial charge in [-0.1, -0.05) is 24.8 Å². The smallest absolute Gasteiger partial charge is 0.248 e. The Kier molecular flexibility index (Phi) is 5.27. The summed E-state index contributed by atoms with van der Waals surface area (Å²) in [6, 6.07) is 9.97. The van der Waals surface area contributed by atoms with Crippen molar-refractivity contribution in [2.24, 2.45) is 0 Å². The lowest BCUT2D eigenvalue weighted by atomic mass is 10.3. The van der Waals surface area contributed by atoms with Gasteiger partial charge in [-0.3, -0.25) is 4.79 Å². The van der Waals surface area contributed by atoms with Crippen molar-refractivity contribution in [2.75, 3.05) is 25.0 Å². The van der Waals surface area contributed by atoms with Gasteiger partial charge in [0.2, 0.25) is 5.91 Å². The molecule has 3 nitrogen and oxygen atoms in total. The van der Waals surface area contributed by atoms with Gasteiger partial charge in [0.1, 0.15) is 0 Å². The molecule has 92 valence electrons. The first kappa shape index (κ1) is 13.3. The molecule has 0 spiro atoms. The van der Waals surface area contributed by atoms with Crippen LogP contribution in [0, 0.1) is 0 Å². The van der Waals surface area contributed by atoms with Gasteiger partial charge in [-0.05, 0) is 26.0 Å². The molecule has 3 heteroatoms. The molecule has 17 heavy (non-hydrogen) atoms. The van der Waals surface area contributed by atoms with Crippen LogP contribution in [-0.4, -0.2) is 30.4 Å². The third-order valence-electron chi connectivity index (χ3n) is 2.52. The molecular weight excluding hydrogens is 212 g/mol. The summed E-state index contributed by atoms with van der Waals surface area (Å²) in [7, 11) is 0. The number of likely N-dealkylation sites (N-methyl/N-ethyl adjacent to an activating group) is 1. The molecule has 0 bridgehead atoms. The van der Waals surface area contributed by atoms with Crippen molar-refractivity contribution in [2.45, 2.75) is 13.8 Å².